The molecule has 0 bridgehead atoms. The molecule has 13 heavy (non-hydrogen) atoms. The minimum absolute atomic E-state index is 0.115. The molecule has 0 spiro atoms. The highest BCUT2D eigenvalue weighted by Gasteiger charge is 2.31. The Labute approximate surface area is 82.2 Å². The molecule has 2 nitrogen and oxygen atoms in total. The van der Waals surface area contributed by atoms with Gasteiger partial charge in [-0.2, -0.15) is 0 Å². The molecule has 1 aromatic rings. The fraction of sp³-hybridized carbons (Fsp3) is 0.300. The molecular formula is C10H12N2S. The van der Waals surface area contributed by atoms with Crippen LogP contribution in [0.15, 0.2) is 35.3 Å². The van der Waals surface area contributed by atoms with Crippen LogP contribution in [0.4, 0.5) is 0 Å². The van der Waals surface area contributed by atoms with E-state index in [1.54, 1.807) is 11.8 Å². The summed E-state index contributed by atoms with van der Waals surface area (Å²) in [5.74, 6) is 0.947. The van der Waals surface area contributed by atoms with E-state index in [4.69, 9.17) is 5.73 Å². The molecule has 0 fully saturated rings. The lowest BCUT2D eigenvalue weighted by atomic mass is 9.95. The van der Waals surface area contributed by atoms with E-state index in [9.17, 15) is 0 Å². The zero-order chi connectivity index (χ0) is 9.31. The maximum Gasteiger partial charge on any atom is 0.154 e. The van der Waals surface area contributed by atoms with Crippen molar-refractivity contribution in [3.05, 3.63) is 35.9 Å². The smallest absolute Gasteiger partial charge is 0.154 e. The molecule has 0 saturated heterocycles. The quantitative estimate of drug-likeness (QED) is 0.738. The second-order valence-corrected chi connectivity index (χ2v) is 4.37. The number of nitrogens with zero attached hydrogens (tertiary/aromatic N) is 1. The van der Waals surface area contributed by atoms with Crippen molar-refractivity contribution in [2.75, 3.05) is 5.75 Å². The molecule has 1 atom stereocenters. The van der Waals surface area contributed by atoms with E-state index in [0.29, 0.717) is 5.17 Å². The monoisotopic (exact) mass is 192 g/mol. The van der Waals surface area contributed by atoms with Gasteiger partial charge in [-0.15, -0.1) is 0 Å². The van der Waals surface area contributed by atoms with Crippen molar-refractivity contribution >= 4 is 16.9 Å². The van der Waals surface area contributed by atoms with Gasteiger partial charge in [0.25, 0.3) is 0 Å². The molecule has 0 radical (unpaired) electrons. The van der Waals surface area contributed by atoms with Gasteiger partial charge in [0.15, 0.2) is 5.17 Å². The number of hydrogen-bond acceptors (Lipinski definition) is 3. The highest BCUT2D eigenvalue weighted by Crippen LogP contribution is 2.34. The third kappa shape index (κ3) is 1.56. The Morgan fingerprint density at radius 2 is 2.08 bits per heavy atom. The molecule has 0 amide bonds. The molecule has 0 aliphatic carbocycles. The van der Waals surface area contributed by atoms with Crippen molar-refractivity contribution in [1.82, 2.24) is 0 Å². The van der Waals surface area contributed by atoms with Gasteiger partial charge in [0.2, 0.25) is 0 Å². The van der Waals surface area contributed by atoms with Gasteiger partial charge in [0, 0.05) is 5.75 Å². The number of rotatable bonds is 1. The normalized spacial score (nSPS) is 27.3. The van der Waals surface area contributed by atoms with E-state index in [2.05, 4.69) is 24.0 Å². The summed E-state index contributed by atoms with van der Waals surface area (Å²) in [5.41, 5.74) is 6.78. The van der Waals surface area contributed by atoms with Crippen LogP contribution in [0.2, 0.25) is 0 Å². The van der Waals surface area contributed by atoms with E-state index in [-0.39, 0.29) is 5.54 Å². The van der Waals surface area contributed by atoms with Gasteiger partial charge in [0.1, 0.15) is 0 Å². The van der Waals surface area contributed by atoms with Crippen molar-refractivity contribution in [3.8, 4) is 0 Å². The summed E-state index contributed by atoms with van der Waals surface area (Å²) in [6.45, 7) is 2.12. The van der Waals surface area contributed by atoms with Gasteiger partial charge in [-0.1, -0.05) is 42.1 Å². The van der Waals surface area contributed by atoms with Crippen LogP contribution in [0.25, 0.3) is 0 Å². The van der Waals surface area contributed by atoms with Crippen LogP contribution in [0, 0.1) is 0 Å². The first kappa shape index (κ1) is 8.63. The highest BCUT2D eigenvalue weighted by atomic mass is 32.2. The molecule has 1 aliphatic rings. The lowest BCUT2D eigenvalue weighted by molar-refractivity contribution is 0.579. The lowest BCUT2D eigenvalue weighted by Gasteiger charge is -2.19. The minimum atomic E-state index is -0.115. The van der Waals surface area contributed by atoms with Crippen LogP contribution < -0.4 is 5.73 Å². The number of amidine groups is 1. The Morgan fingerprint density at radius 1 is 1.38 bits per heavy atom. The summed E-state index contributed by atoms with van der Waals surface area (Å²) in [6, 6.07) is 10.3. The number of aliphatic imine (C=N–C) groups is 1. The molecule has 0 aromatic heterocycles. The van der Waals surface area contributed by atoms with Crippen molar-refractivity contribution in [2.24, 2.45) is 10.7 Å². The molecule has 2 N–H and O–H groups in total. The Kier molecular flexibility index (Phi) is 2.04. The first-order valence-corrected chi connectivity index (χ1v) is 5.23. The third-order valence-corrected chi connectivity index (χ3v) is 3.35. The fourth-order valence-electron chi connectivity index (χ4n) is 1.47. The lowest BCUT2D eigenvalue weighted by Crippen LogP contribution is -2.18. The van der Waals surface area contributed by atoms with Crippen LogP contribution in [0.1, 0.15) is 12.5 Å². The average Bonchev–Trinajstić information content (AvgIpc) is 2.49. The second-order valence-electron chi connectivity index (χ2n) is 3.38. The van der Waals surface area contributed by atoms with E-state index >= 15 is 0 Å². The largest absolute Gasteiger partial charge is 0.379 e. The van der Waals surface area contributed by atoms with Gasteiger partial charge in [0.05, 0.1) is 5.54 Å². The van der Waals surface area contributed by atoms with Crippen molar-refractivity contribution < 1.29 is 0 Å². The van der Waals surface area contributed by atoms with Crippen molar-refractivity contribution in [1.29, 1.82) is 0 Å². The molecular weight excluding hydrogens is 180 g/mol. The minimum Gasteiger partial charge on any atom is -0.379 e. The van der Waals surface area contributed by atoms with Crippen LogP contribution >= 0.6 is 11.8 Å². The van der Waals surface area contributed by atoms with Crippen molar-refractivity contribution in [2.45, 2.75) is 12.5 Å². The number of nitrogens with two attached hydrogens (primary N) is 1. The van der Waals surface area contributed by atoms with Gasteiger partial charge in [-0.3, -0.25) is 4.99 Å². The molecule has 68 valence electrons. The zero-order valence-electron chi connectivity index (χ0n) is 7.53. The van der Waals surface area contributed by atoms with E-state index < -0.39 is 0 Å². The van der Waals surface area contributed by atoms with Crippen LogP contribution in [-0.2, 0) is 5.54 Å². The third-order valence-electron chi connectivity index (χ3n) is 2.25. The first-order chi connectivity index (χ1) is 6.21. The average molecular weight is 192 g/mol. The van der Waals surface area contributed by atoms with Crippen molar-refractivity contribution in [3.63, 3.8) is 0 Å². The molecule has 1 heterocycles. The Bertz CT molecular complexity index is 334. The van der Waals surface area contributed by atoms with E-state index in [1.165, 1.54) is 5.56 Å². The summed E-state index contributed by atoms with van der Waals surface area (Å²) in [4.78, 5) is 4.45. The number of hydrogen-bond donors (Lipinski definition) is 1. The molecule has 3 heteroatoms. The molecule has 1 aliphatic heterocycles. The van der Waals surface area contributed by atoms with Crippen LogP contribution in [0.3, 0.4) is 0 Å². The summed E-state index contributed by atoms with van der Waals surface area (Å²) < 4.78 is 0. The fourth-order valence-corrected chi connectivity index (χ4v) is 2.39. The Morgan fingerprint density at radius 3 is 2.62 bits per heavy atom. The first-order valence-electron chi connectivity index (χ1n) is 4.24. The number of thioether (sulfide) groups is 1. The molecule has 1 unspecified atom stereocenters. The Hall–Kier alpha value is -0.960. The predicted octanol–water partition coefficient (Wildman–Crippen LogP) is 1.96. The molecule has 0 saturated carbocycles. The van der Waals surface area contributed by atoms with E-state index in [0.717, 1.165) is 5.75 Å². The van der Waals surface area contributed by atoms with E-state index in [1.807, 2.05) is 18.2 Å². The highest BCUT2D eigenvalue weighted by molar-refractivity contribution is 8.14. The molecule has 2 rings (SSSR count). The maximum atomic E-state index is 5.66. The number of benzene rings is 1. The standard InChI is InChI=1S/C10H12N2S/c1-10(7-13-9(11)12-10)8-5-3-2-4-6-8/h2-6H,7H2,1H3,(H2,11,12). The SMILES string of the molecule is CC1(c2ccccc2)CSC(N)=N1. The van der Waals surface area contributed by atoms with Crippen LogP contribution in [-0.4, -0.2) is 10.9 Å². The van der Waals surface area contributed by atoms with Gasteiger partial charge < -0.3 is 5.73 Å². The second kappa shape index (κ2) is 3.07. The topological polar surface area (TPSA) is 38.4 Å². The summed E-state index contributed by atoms with van der Waals surface area (Å²) in [7, 11) is 0. The van der Waals surface area contributed by atoms with Gasteiger partial charge in [-0.05, 0) is 12.5 Å². The van der Waals surface area contributed by atoms with Gasteiger partial charge >= 0.3 is 0 Å². The zero-order valence-corrected chi connectivity index (χ0v) is 8.34. The van der Waals surface area contributed by atoms with Gasteiger partial charge in [-0.25, -0.2) is 0 Å². The molecule has 1 aromatic carbocycles. The summed E-state index contributed by atoms with van der Waals surface area (Å²) >= 11 is 1.63. The van der Waals surface area contributed by atoms with Crippen LogP contribution in [0.5, 0.6) is 0 Å². The maximum absolute atomic E-state index is 5.66. The summed E-state index contributed by atoms with van der Waals surface area (Å²) in [6.07, 6.45) is 0. The predicted molar refractivity (Wildman–Crippen MR) is 57.9 cm³/mol. The Balaban J connectivity index is 2.37. The summed E-state index contributed by atoms with van der Waals surface area (Å²) in [5, 5.41) is 0.700.